The van der Waals surface area contributed by atoms with Crippen LogP contribution in [0.15, 0.2) is 22.8 Å². The molecule has 0 radical (unpaired) electrons. The van der Waals surface area contributed by atoms with Gasteiger partial charge in [0, 0.05) is 29.4 Å². The molecule has 0 fully saturated rings. The minimum Gasteiger partial charge on any atom is -0.395 e. The SMILES string of the molecule is CN=C(/C=C(\N)C(F)(F)F)c1cc(C)c(Cl)c2sc3c(c12)CCN(C(=O)CN)C3. The highest BCUT2D eigenvalue weighted by Crippen LogP contribution is 2.42. The average Bonchev–Trinajstić information content (AvgIpc) is 3.06. The van der Waals surface area contributed by atoms with Crippen molar-refractivity contribution in [3.05, 3.63) is 44.4 Å². The molecule has 0 spiro atoms. The number of carbonyl (C=O) groups is 1. The summed E-state index contributed by atoms with van der Waals surface area (Å²) in [5, 5.41) is 1.32. The lowest BCUT2D eigenvalue weighted by Crippen LogP contribution is -2.39. The van der Waals surface area contributed by atoms with E-state index >= 15 is 0 Å². The maximum atomic E-state index is 13.0. The molecule has 5 nitrogen and oxygen atoms in total. The number of hydrogen-bond donors (Lipinski definition) is 2. The maximum absolute atomic E-state index is 13.0. The number of nitrogens with zero attached hydrogens (tertiary/aromatic N) is 2. The Labute approximate surface area is 174 Å². The first-order valence-electron chi connectivity index (χ1n) is 8.81. The number of rotatable bonds is 3. The molecule has 156 valence electrons. The number of carbonyl (C=O) groups excluding carboxylic acids is 1. The van der Waals surface area contributed by atoms with Gasteiger partial charge in [0.05, 0.1) is 28.5 Å². The number of allylic oxidation sites excluding steroid dienone is 2. The zero-order valence-electron chi connectivity index (χ0n) is 15.9. The summed E-state index contributed by atoms with van der Waals surface area (Å²) in [6.45, 7) is 2.61. The maximum Gasteiger partial charge on any atom is 0.430 e. The summed E-state index contributed by atoms with van der Waals surface area (Å²) < 4.78 is 39.7. The Morgan fingerprint density at radius 3 is 2.72 bits per heavy atom. The van der Waals surface area contributed by atoms with E-state index in [1.165, 1.54) is 18.4 Å². The molecular weight excluding hydrogens is 425 g/mol. The van der Waals surface area contributed by atoms with E-state index in [-0.39, 0.29) is 18.2 Å². The second-order valence-electron chi connectivity index (χ2n) is 6.74. The fourth-order valence-corrected chi connectivity index (χ4v) is 5.05. The third-order valence-corrected chi connectivity index (χ3v) is 6.73. The van der Waals surface area contributed by atoms with Crippen LogP contribution in [-0.4, -0.2) is 42.8 Å². The van der Waals surface area contributed by atoms with E-state index in [2.05, 4.69) is 4.99 Å². The van der Waals surface area contributed by atoms with E-state index in [0.717, 1.165) is 32.2 Å². The normalized spacial score (nSPS) is 15.8. The average molecular weight is 445 g/mol. The summed E-state index contributed by atoms with van der Waals surface area (Å²) in [6, 6.07) is 1.73. The van der Waals surface area contributed by atoms with Crippen molar-refractivity contribution in [2.24, 2.45) is 16.5 Å². The van der Waals surface area contributed by atoms with Gasteiger partial charge in [-0.05, 0) is 36.6 Å². The van der Waals surface area contributed by atoms with Gasteiger partial charge in [0.1, 0.15) is 5.70 Å². The van der Waals surface area contributed by atoms with Gasteiger partial charge in [-0.3, -0.25) is 9.79 Å². The fourth-order valence-electron chi connectivity index (χ4n) is 3.41. The zero-order chi connectivity index (χ0) is 21.5. The number of amides is 1. The van der Waals surface area contributed by atoms with Gasteiger partial charge in [-0.2, -0.15) is 13.2 Å². The number of benzene rings is 1. The van der Waals surface area contributed by atoms with Crippen molar-refractivity contribution >= 4 is 44.6 Å². The molecule has 1 aliphatic rings. The number of aryl methyl sites for hydroxylation is 1. The van der Waals surface area contributed by atoms with Crippen molar-refractivity contribution in [1.82, 2.24) is 4.90 Å². The number of alkyl halides is 3. The van der Waals surface area contributed by atoms with Crippen molar-refractivity contribution in [3.63, 3.8) is 0 Å². The first-order chi connectivity index (χ1) is 13.6. The monoisotopic (exact) mass is 444 g/mol. The molecule has 0 saturated heterocycles. The van der Waals surface area contributed by atoms with Crippen molar-refractivity contribution in [1.29, 1.82) is 0 Å². The third kappa shape index (κ3) is 3.99. The van der Waals surface area contributed by atoms with E-state index in [4.69, 9.17) is 23.1 Å². The molecule has 2 aromatic rings. The zero-order valence-corrected chi connectivity index (χ0v) is 17.4. The molecule has 2 heterocycles. The highest BCUT2D eigenvalue weighted by Gasteiger charge is 2.32. The largest absolute Gasteiger partial charge is 0.430 e. The lowest BCUT2D eigenvalue weighted by molar-refractivity contribution is -0.130. The van der Waals surface area contributed by atoms with Crippen LogP contribution in [0.25, 0.3) is 10.1 Å². The van der Waals surface area contributed by atoms with Crippen LogP contribution in [0.2, 0.25) is 5.02 Å². The summed E-state index contributed by atoms with van der Waals surface area (Å²) >= 11 is 7.96. The Balaban J connectivity index is 2.21. The van der Waals surface area contributed by atoms with E-state index in [1.807, 2.05) is 0 Å². The van der Waals surface area contributed by atoms with Crippen molar-refractivity contribution < 1.29 is 18.0 Å². The van der Waals surface area contributed by atoms with Crippen LogP contribution in [0.3, 0.4) is 0 Å². The van der Waals surface area contributed by atoms with Gasteiger partial charge >= 0.3 is 6.18 Å². The van der Waals surface area contributed by atoms with Crippen LogP contribution in [0, 0.1) is 6.92 Å². The van der Waals surface area contributed by atoms with Crippen molar-refractivity contribution in [3.8, 4) is 0 Å². The molecule has 0 bridgehead atoms. The molecule has 10 heteroatoms. The minimum atomic E-state index is -4.65. The molecule has 0 unspecified atom stereocenters. The number of nitrogens with two attached hydrogens (primary N) is 2. The summed E-state index contributed by atoms with van der Waals surface area (Å²) in [4.78, 5) is 18.7. The van der Waals surface area contributed by atoms with Crippen LogP contribution in [0.1, 0.15) is 21.6 Å². The highest BCUT2D eigenvalue weighted by atomic mass is 35.5. The second-order valence-corrected chi connectivity index (χ2v) is 8.22. The molecule has 3 rings (SSSR count). The van der Waals surface area contributed by atoms with Crippen LogP contribution in [-0.2, 0) is 17.8 Å². The molecule has 1 amide bonds. The Hall–Kier alpha value is -2.10. The fraction of sp³-hybridized carbons (Fsp3) is 0.368. The Morgan fingerprint density at radius 2 is 2.14 bits per heavy atom. The van der Waals surface area contributed by atoms with Crippen LogP contribution < -0.4 is 11.5 Å². The number of aliphatic imine (C=N–C) groups is 1. The Morgan fingerprint density at radius 1 is 1.45 bits per heavy atom. The Kier molecular flexibility index (Phi) is 5.93. The standard InChI is InChI=1S/C19H20ClF3N4OS/c1-9-5-11(12(26-2)6-14(25)19(21,22)23)16-10-3-4-27(15(28)7-24)8-13(10)29-18(16)17(9)20/h5-6H,3-4,7-8,24-25H2,1-2H3/b14-6-,26-12?. The van der Waals surface area contributed by atoms with Gasteiger partial charge in [-0.25, -0.2) is 0 Å². The lowest BCUT2D eigenvalue weighted by Gasteiger charge is -2.26. The van der Waals surface area contributed by atoms with E-state index in [0.29, 0.717) is 30.1 Å². The molecule has 1 aliphatic heterocycles. The van der Waals surface area contributed by atoms with Gasteiger partial charge in [-0.15, -0.1) is 11.3 Å². The first kappa shape index (κ1) is 21.6. The summed E-state index contributed by atoms with van der Waals surface area (Å²) in [5.74, 6) is -0.146. The second kappa shape index (κ2) is 7.97. The number of fused-ring (bicyclic) bond motifs is 3. The molecular formula is C19H20ClF3N4OS. The molecule has 0 saturated carbocycles. The van der Waals surface area contributed by atoms with Crippen LogP contribution in [0.5, 0.6) is 0 Å². The van der Waals surface area contributed by atoms with E-state index < -0.39 is 11.9 Å². The van der Waals surface area contributed by atoms with Gasteiger partial charge in [-0.1, -0.05) is 11.6 Å². The number of thiophene rings is 1. The first-order valence-corrected chi connectivity index (χ1v) is 10.0. The van der Waals surface area contributed by atoms with Crippen molar-refractivity contribution in [2.45, 2.75) is 26.1 Å². The summed E-state index contributed by atoms with van der Waals surface area (Å²) in [6.07, 6.45) is -3.24. The van der Waals surface area contributed by atoms with Gasteiger partial charge < -0.3 is 16.4 Å². The van der Waals surface area contributed by atoms with Crippen LogP contribution >= 0.6 is 22.9 Å². The number of halogens is 4. The molecule has 1 aromatic carbocycles. The smallest absolute Gasteiger partial charge is 0.395 e. The molecule has 4 N–H and O–H groups in total. The summed E-state index contributed by atoms with van der Waals surface area (Å²) in [7, 11) is 1.42. The molecule has 0 atom stereocenters. The third-order valence-electron chi connectivity index (χ3n) is 4.90. The number of hydrogen-bond acceptors (Lipinski definition) is 5. The highest BCUT2D eigenvalue weighted by molar-refractivity contribution is 7.20. The van der Waals surface area contributed by atoms with E-state index in [1.54, 1.807) is 17.9 Å². The lowest BCUT2D eigenvalue weighted by atomic mass is 9.95. The van der Waals surface area contributed by atoms with Gasteiger partial charge in [0.25, 0.3) is 0 Å². The summed E-state index contributed by atoms with van der Waals surface area (Å²) in [5.41, 5.74) is 11.9. The van der Waals surface area contributed by atoms with Crippen LogP contribution in [0.4, 0.5) is 13.2 Å². The minimum absolute atomic E-state index is 0.0699. The molecule has 0 aliphatic carbocycles. The molecule has 1 aromatic heterocycles. The van der Waals surface area contributed by atoms with Crippen molar-refractivity contribution in [2.75, 3.05) is 20.1 Å². The van der Waals surface area contributed by atoms with Gasteiger partial charge in [0.2, 0.25) is 5.91 Å². The Bertz CT molecular complexity index is 1040. The van der Waals surface area contributed by atoms with Gasteiger partial charge in [0.15, 0.2) is 0 Å². The predicted molar refractivity (Wildman–Crippen MR) is 111 cm³/mol. The quantitative estimate of drug-likeness (QED) is 0.710. The predicted octanol–water partition coefficient (Wildman–Crippen LogP) is 3.53. The van der Waals surface area contributed by atoms with E-state index in [9.17, 15) is 18.0 Å². The topological polar surface area (TPSA) is 84.7 Å². The molecule has 29 heavy (non-hydrogen) atoms.